The van der Waals surface area contributed by atoms with E-state index in [0.29, 0.717) is 24.6 Å². The van der Waals surface area contributed by atoms with Gasteiger partial charge in [0.2, 0.25) is 5.91 Å². The second-order valence-electron chi connectivity index (χ2n) is 5.45. The van der Waals surface area contributed by atoms with Crippen molar-refractivity contribution >= 4 is 17.3 Å². The molecule has 0 heterocycles. The number of nitriles is 1. The molecular formula is C16H22N4O. The van der Waals surface area contributed by atoms with Crippen molar-refractivity contribution in [1.29, 1.82) is 5.26 Å². The number of rotatable bonds is 8. The molecule has 0 spiro atoms. The van der Waals surface area contributed by atoms with Crippen LogP contribution in [0.5, 0.6) is 0 Å². The van der Waals surface area contributed by atoms with Gasteiger partial charge in [0.25, 0.3) is 0 Å². The molecular weight excluding hydrogens is 264 g/mol. The van der Waals surface area contributed by atoms with Crippen molar-refractivity contribution in [3.8, 4) is 6.07 Å². The van der Waals surface area contributed by atoms with Gasteiger partial charge in [-0.1, -0.05) is 6.07 Å². The van der Waals surface area contributed by atoms with Gasteiger partial charge in [0.15, 0.2) is 0 Å². The first-order valence-electron chi connectivity index (χ1n) is 7.45. The Morgan fingerprint density at radius 2 is 2.24 bits per heavy atom. The van der Waals surface area contributed by atoms with Crippen LogP contribution in [0.4, 0.5) is 11.4 Å². The van der Waals surface area contributed by atoms with Crippen LogP contribution in [0.2, 0.25) is 0 Å². The summed E-state index contributed by atoms with van der Waals surface area (Å²) < 4.78 is 0. The summed E-state index contributed by atoms with van der Waals surface area (Å²) in [7, 11) is 0. The Bertz CT molecular complexity index is 519. The minimum atomic E-state index is 0.0108. The first-order chi connectivity index (χ1) is 10.2. The molecule has 112 valence electrons. The summed E-state index contributed by atoms with van der Waals surface area (Å²) in [5, 5.41) is 11.5. The topological polar surface area (TPSA) is 82.2 Å². The molecule has 0 bridgehead atoms. The molecule has 1 aromatic carbocycles. The zero-order valence-electron chi connectivity index (χ0n) is 12.2. The highest BCUT2D eigenvalue weighted by atomic mass is 16.1. The Morgan fingerprint density at radius 1 is 1.43 bits per heavy atom. The molecule has 1 saturated carbocycles. The molecule has 1 aliphatic rings. The molecule has 5 heteroatoms. The van der Waals surface area contributed by atoms with Crippen molar-refractivity contribution in [3.05, 3.63) is 24.3 Å². The van der Waals surface area contributed by atoms with E-state index in [2.05, 4.69) is 16.3 Å². The zero-order chi connectivity index (χ0) is 15.1. The number of amides is 1. The summed E-state index contributed by atoms with van der Waals surface area (Å²) >= 11 is 0. The van der Waals surface area contributed by atoms with Crippen molar-refractivity contribution in [3.63, 3.8) is 0 Å². The maximum absolute atomic E-state index is 11.9. The third-order valence-electron chi connectivity index (χ3n) is 3.59. The van der Waals surface area contributed by atoms with Gasteiger partial charge in [-0.25, -0.2) is 0 Å². The van der Waals surface area contributed by atoms with Gasteiger partial charge in [0.05, 0.1) is 6.07 Å². The number of nitrogens with one attached hydrogen (secondary N) is 1. The van der Waals surface area contributed by atoms with Gasteiger partial charge in [-0.15, -0.1) is 0 Å². The lowest BCUT2D eigenvalue weighted by atomic mass is 10.2. The van der Waals surface area contributed by atoms with E-state index < -0.39 is 0 Å². The lowest BCUT2D eigenvalue weighted by molar-refractivity contribution is -0.116. The van der Waals surface area contributed by atoms with Gasteiger partial charge in [-0.2, -0.15) is 5.26 Å². The van der Waals surface area contributed by atoms with E-state index in [1.165, 1.54) is 12.8 Å². The number of nitrogens with two attached hydrogens (primary N) is 1. The van der Waals surface area contributed by atoms with Crippen LogP contribution < -0.4 is 11.1 Å². The van der Waals surface area contributed by atoms with Crippen molar-refractivity contribution < 1.29 is 4.79 Å². The highest BCUT2D eigenvalue weighted by Gasteiger charge is 2.28. The smallest absolute Gasteiger partial charge is 0.224 e. The Morgan fingerprint density at radius 3 is 2.90 bits per heavy atom. The minimum Gasteiger partial charge on any atom is -0.399 e. The van der Waals surface area contributed by atoms with Crippen molar-refractivity contribution in [2.45, 2.75) is 38.1 Å². The molecule has 0 unspecified atom stereocenters. The second-order valence-corrected chi connectivity index (χ2v) is 5.45. The zero-order valence-corrected chi connectivity index (χ0v) is 12.2. The predicted octanol–water partition coefficient (Wildman–Crippen LogP) is 2.37. The van der Waals surface area contributed by atoms with Crippen molar-refractivity contribution in [2.75, 3.05) is 24.1 Å². The standard InChI is InChI=1S/C16H22N4O/c17-9-3-11-20(15-7-8-15)10-2-6-16(21)19-14-5-1-4-13(18)12-14/h1,4-5,12,15H,2-3,6-8,10-11,18H2,(H,19,21). The molecule has 1 amide bonds. The van der Waals surface area contributed by atoms with Crippen LogP contribution in [-0.4, -0.2) is 29.9 Å². The highest BCUT2D eigenvalue weighted by Crippen LogP contribution is 2.27. The summed E-state index contributed by atoms with van der Waals surface area (Å²) in [6.45, 7) is 1.70. The summed E-state index contributed by atoms with van der Waals surface area (Å²) in [5.74, 6) is 0.0108. The number of nitrogens with zero attached hydrogens (tertiary/aromatic N) is 2. The third kappa shape index (κ3) is 5.44. The average Bonchev–Trinajstić information content (AvgIpc) is 3.27. The Hall–Kier alpha value is -2.06. The fraction of sp³-hybridized carbons (Fsp3) is 0.500. The van der Waals surface area contributed by atoms with Crippen LogP contribution in [0.1, 0.15) is 32.1 Å². The summed E-state index contributed by atoms with van der Waals surface area (Å²) in [6.07, 6.45) is 4.31. The van der Waals surface area contributed by atoms with Gasteiger partial charge in [-0.05, 0) is 44.0 Å². The lowest BCUT2D eigenvalue weighted by Crippen LogP contribution is -2.29. The van der Waals surface area contributed by atoms with E-state index in [-0.39, 0.29) is 5.91 Å². The Kier molecular flexibility index (Phi) is 5.59. The summed E-state index contributed by atoms with van der Waals surface area (Å²) in [6, 6.07) is 10.0. The summed E-state index contributed by atoms with van der Waals surface area (Å²) in [4.78, 5) is 14.2. The molecule has 2 rings (SSSR count). The van der Waals surface area contributed by atoms with Crippen LogP contribution in [0.3, 0.4) is 0 Å². The average molecular weight is 286 g/mol. The second kappa shape index (κ2) is 7.65. The van der Waals surface area contributed by atoms with Gasteiger partial charge in [0.1, 0.15) is 0 Å². The third-order valence-corrected chi connectivity index (χ3v) is 3.59. The Balaban J connectivity index is 1.69. The van der Waals surface area contributed by atoms with Crippen LogP contribution in [-0.2, 0) is 4.79 Å². The number of benzene rings is 1. The molecule has 21 heavy (non-hydrogen) atoms. The van der Waals surface area contributed by atoms with Gasteiger partial charge in [-0.3, -0.25) is 9.69 Å². The number of anilines is 2. The number of carbonyl (C=O) groups excluding carboxylic acids is 1. The lowest BCUT2D eigenvalue weighted by Gasteiger charge is -2.20. The highest BCUT2D eigenvalue weighted by molar-refractivity contribution is 5.91. The van der Waals surface area contributed by atoms with Crippen LogP contribution in [0.15, 0.2) is 24.3 Å². The normalized spacial score (nSPS) is 13.9. The quantitative estimate of drug-likeness (QED) is 0.719. The van der Waals surface area contributed by atoms with E-state index >= 15 is 0 Å². The minimum absolute atomic E-state index is 0.0108. The molecule has 1 fully saturated rings. The number of hydrogen-bond donors (Lipinski definition) is 2. The van der Waals surface area contributed by atoms with Gasteiger partial charge in [0, 0.05) is 36.8 Å². The van der Waals surface area contributed by atoms with E-state index in [1.54, 1.807) is 12.1 Å². The van der Waals surface area contributed by atoms with E-state index in [9.17, 15) is 4.79 Å². The first-order valence-corrected chi connectivity index (χ1v) is 7.45. The molecule has 0 aliphatic heterocycles. The molecule has 1 aromatic rings. The molecule has 1 aliphatic carbocycles. The Labute approximate surface area is 125 Å². The molecule has 0 radical (unpaired) electrons. The van der Waals surface area contributed by atoms with Gasteiger partial charge < -0.3 is 11.1 Å². The molecule has 3 N–H and O–H groups in total. The fourth-order valence-electron chi connectivity index (χ4n) is 2.39. The van der Waals surface area contributed by atoms with E-state index in [0.717, 1.165) is 25.2 Å². The van der Waals surface area contributed by atoms with E-state index in [4.69, 9.17) is 11.0 Å². The van der Waals surface area contributed by atoms with Gasteiger partial charge >= 0.3 is 0 Å². The van der Waals surface area contributed by atoms with Crippen molar-refractivity contribution in [1.82, 2.24) is 4.90 Å². The molecule has 0 saturated heterocycles. The van der Waals surface area contributed by atoms with Crippen LogP contribution >= 0.6 is 0 Å². The number of carbonyl (C=O) groups is 1. The largest absolute Gasteiger partial charge is 0.399 e. The fourth-order valence-corrected chi connectivity index (χ4v) is 2.39. The predicted molar refractivity (Wildman–Crippen MR) is 83.5 cm³/mol. The van der Waals surface area contributed by atoms with Crippen LogP contribution in [0, 0.1) is 11.3 Å². The van der Waals surface area contributed by atoms with Crippen molar-refractivity contribution in [2.24, 2.45) is 0 Å². The number of nitrogen functional groups attached to an aromatic ring is 1. The molecule has 5 nitrogen and oxygen atoms in total. The maximum Gasteiger partial charge on any atom is 0.224 e. The molecule has 0 atom stereocenters. The monoisotopic (exact) mass is 286 g/mol. The van der Waals surface area contributed by atoms with E-state index in [1.807, 2.05) is 12.1 Å². The maximum atomic E-state index is 11.9. The van der Waals surface area contributed by atoms with Crippen LogP contribution in [0.25, 0.3) is 0 Å². The SMILES string of the molecule is N#CCCN(CCCC(=O)Nc1cccc(N)c1)C1CC1. The molecule has 0 aromatic heterocycles. The number of hydrogen-bond acceptors (Lipinski definition) is 4. The first kappa shape index (κ1) is 15.3. The summed E-state index contributed by atoms with van der Waals surface area (Å²) in [5.41, 5.74) is 7.06.